The van der Waals surface area contributed by atoms with E-state index >= 15 is 0 Å². The van der Waals surface area contributed by atoms with Crippen molar-refractivity contribution in [3.8, 4) is 0 Å². The van der Waals surface area contributed by atoms with E-state index in [4.69, 9.17) is 0 Å². The van der Waals surface area contributed by atoms with Gasteiger partial charge in [-0.05, 0) is 39.5 Å². The monoisotopic (exact) mass is 299 g/mol. The Hall–Kier alpha value is -0.650. The summed E-state index contributed by atoms with van der Waals surface area (Å²) in [5.74, 6) is 1.05. The molecular formula is C11H14BrN3S. The van der Waals surface area contributed by atoms with Crippen molar-refractivity contribution in [1.82, 2.24) is 14.9 Å². The SMILES string of the molecule is CCNC(c1csc(Br)c1)c1nccn1C. The van der Waals surface area contributed by atoms with Crippen LogP contribution >= 0.6 is 27.3 Å². The van der Waals surface area contributed by atoms with Gasteiger partial charge in [0.1, 0.15) is 5.82 Å². The third-order valence-corrected chi connectivity index (χ3v) is 3.97. The van der Waals surface area contributed by atoms with E-state index in [1.807, 2.05) is 19.4 Å². The lowest BCUT2D eigenvalue weighted by atomic mass is 10.1. The first-order valence-corrected chi connectivity index (χ1v) is 6.84. The third kappa shape index (κ3) is 2.36. The second kappa shape index (κ2) is 5.12. The van der Waals surface area contributed by atoms with Gasteiger partial charge in [0, 0.05) is 19.4 Å². The number of aromatic nitrogens is 2. The zero-order chi connectivity index (χ0) is 11.5. The van der Waals surface area contributed by atoms with Crippen molar-refractivity contribution in [2.75, 3.05) is 6.54 Å². The molecule has 0 saturated carbocycles. The number of halogens is 1. The summed E-state index contributed by atoms with van der Waals surface area (Å²) in [6, 6.07) is 2.32. The van der Waals surface area contributed by atoms with Gasteiger partial charge in [-0.15, -0.1) is 11.3 Å². The molecular weight excluding hydrogens is 286 g/mol. The van der Waals surface area contributed by atoms with Gasteiger partial charge >= 0.3 is 0 Å². The van der Waals surface area contributed by atoms with E-state index in [9.17, 15) is 0 Å². The Kier molecular flexibility index (Phi) is 3.78. The standard InChI is InChI=1S/C11H14BrN3S/c1-3-13-10(8-6-9(12)16-7-8)11-14-4-5-15(11)2/h4-7,10,13H,3H2,1-2H3. The second-order valence-corrected chi connectivity index (χ2v) is 5.86. The number of thiophene rings is 1. The number of imidazole rings is 1. The van der Waals surface area contributed by atoms with Gasteiger partial charge in [0.15, 0.2) is 0 Å². The van der Waals surface area contributed by atoms with Crippen LogP contribution in [0.15, 0.2) is 27.6 Å². The summed E-state index contributed by atoms with van der Waals surface area (Å²) in [5, 5.41) is 5.62. The highest BCUT2D eigenvalue weighted by Crippen LogP contribution is 2.28. The van der Waals surface area contributed by atoms with Crippen LogP contribution in [0, 0.1) is 0 Å². The fourth-order valence-corrected chi connectivity index (χ4v) is 2.89. The molecule has 1 atom stereocenters. The molecule has 0 saturated heterocycles. The molecule has 0 aliphatic heterocycles. The number of hydrogen-bond donors (Lipinski definition) is 1. The summed E-state index contributed by atoms with van der Waals surface area (Å²) in [5.41, 5.74) is 1.26. The molecule has 0 aliphatic rings. The number of nitrogens with one attached hydrogen (secondary N) is 1. The van der Waals surface area contributed by atoms with Crippen molar-refractivity contribution in [2.24, 2.45) is 7.05 Å². The van der Waals surface area contributed by atoms with Crippen molar-refractivity contribution in [3.05, 3.63) is 39.0 Å². The first-order chi connectivity index (χ1) is 7.72. The minimum Gasteiger partial charge on any atom is -0.336 e. The first kappa shape index (κ1) is 11.8. The van der Waals surface area contributed by atoms with Gasteiger partial charge < -0.3 is 9.88 Å². The Bertz CT molecular complexity index is 463. The van der Waals surface area contributed by atoms with Crippen molar-refractivity contribution in [1.29, 1.82) is 0 Å². The second-order valence-electron chi connectivity index (χ2n) is 3.57. The van der Waals surface area contributed by atoms with E-state index < -0.39 is 0 Å². The highest BCUT2D eigenvalue weighted by Gasteiger charge is 2.18. The summed E-state index contributed by atoms with van der Waals surface area (Å²) < 4.78 is 3.21. The summed E-state index contributed by atoms with van der Waals surface area (Å²) >= 11 is 5.20. The van der Waals surface area contributed by atoms with Crippen LogP contribution in [-0.2, 0) is 7.05 Å². The van der Waals surface area contributed by atoms with Gasteiger partial charge in [0.05, 0.1) is 9.83 Å². The van der Waals surface area contributed by atoms with E-state index in [1.165, 1.54) is 5.56 Å². The molecule has 86 valence electrons. The Morgan fingerprint density at radius 2 is 2.44 bits per heavy atom. The lowest BCUT2D eigenvalue weighted by Crippen LogP contribution is -2.24. The molecule has 0 spiro atoms. The van der Waals surface area contributed by atoms with E-state index in [0.29, 0.717) is 0 Å². The maximum absolute atomic E-state index is 4.41. The molecule has 5 heteroatoms. The largest absolute Gasteiger partial charge is 0.336 e. The normalized spacial score (nSPS) is 12.9. The molecule has 0 aliphatic carbocycles. The number of aryl methyl sites for hydroxylation is 1. The zero-order valence-corrected chi connectivity index (χ0v) is 11.7. The molecule has 2 rings (SSSR count). The molecule has 0 bridgehead atoms. The molecule has 2 heterocycles. The molecule has 0 amide bonds. The summed E-state index contributed by atoms with van der Waals surface area (Å²) in [7, 11) is 2.02. The fourth-order valence-electron chi connectivity index (χ4n) is 1.69. The zero-order valence-electron chi connectivity index (χ0n) is 9.27. The van der Waals surface area contributed by atoms with Crippen LogP contribution in [0.2, 0.25) is 0 Å². The number of nitrogens with zero attached hydrogens (tertiary/aromatic N) is 2. The van der Waals surface area contributed by atoms with Gasteiger partial charge in [0.25, 0.3) is 0 Å². The average molecular weight is 300 g/mol. The van der Waals surface area contributed by atoms with Crippen molar-refractivity contribution >= 4 is 27.3 Å². The Morgan fingerprint density at radius 1 is 1.62 bits per heavy atom. The Morgan fingerprint density at radius 3 is 2.94 bits per heavy atom. The molecule has 0 aromatic carbocycles. The van der Waals surface area contributed by atoms with E-state index in [0.717, 1.165) is 16.2 Å². The van der Waals surface area contributed by atoms with Gasteiger partial charge in [-0.1, -0.05) is 6.92 Å². The molecule has 1 N–H and O–H groups in total. The maximum Gasteiger partial charge on any atom is 0.130 e. The lowest BCUT2D eigenvalue weighted by molar-refractivity contribution is 0.578. The van der Waals surface area contributed by atoms with Gasteiger partial charge in [-0.3, -0.25) is 0 Å². The van der Waals surface area contributed by atoms with Gasteiger partial charge in [-0.2, -0.15) is 0 Å². The highest BCUT2D eigenvalue weighted by molar-refractivity contribution is 9.11. The van der Waals surface area contributed by atoms with Gasteiger partial charge in [0.2, 0.25) is 0 Å². The average Bonchev–Trinajstić information content (AvgIpc) is 2.84. The summed E-state index contributed by atoms with van der Waals surface area (Å²) in [6.07, 6.45) is 3.81. The molecule has 2 aromatic rings. The maximum atomic E-state index is 4.41. The van der Waals surface area contributed by atoms with Crippen molar-refractivity contribution in [2.45, 2.75) is 13.0 Å². The molecule has 16 heavy (non-hydrogen) atoms. The Balaban J connectivity index is 2.34. The molecule has 2 aromatic heterocycles. The minimum absolute atomic E-state index is 0.174. The smallest absolute Gasteiger partial charge is 0.130 e. The summed E-state index contributed by atoms with van der Waals surface area (Å²) in [4.78, 5) is 4.41. The molecule has 3 nitrogen and oxygen atoms in total. The highest BCUT2D eigenvalue weighted by atomic mass is 79.9. The van der Waals surface area contributed by atoms with E-state index in [-0.39, 0.29) is 6.04 Å². The van der Waals surface area contributed by atoms with Crippen LogP contribution in [0.25, 0.3) is 0 Å². The number of hydrogen-bond acceptors (Lipinski definition) is 3. The Labute approximate surface area is 108 Å². The fraction of sp³-hybridized carbons (Fsp3) is 0.364. The molecule has 1 unspecified atom stereocenters. The van der Waals surface area contributed by atoms with Crippen molar-refractivity contribution in [3.63, 3.8) is 0 Å². The van der Waals surface area contributed by atoms with E-state index in [1.54, 1.807) is 11.3 Å². The van der Waals surface area contributed by atoms with Gasteiger partial charge in [-0.25, -0.2) is 4.98 Å². The summed E-state index contributed by atoms with van der Waals surface area (Å²) in [6.45, 7) is 3.03. The topological polar surface area (TPSA) is 29.9 Å². The van der Waals surface area contributed by atoms with Crippen LogP contribution in [-0.4, -0.2) is 16.1 Å². The molecule has 0 radical (unpaired) electrons. The van der Waals surface area contributed by atoms with Crippen LogP contribution in [0.1, 0.15) is 24.4 Å². The van der Waals surface area contributed by atoms with Crippen LogP contribution in [0.5, 0.6) is 0 Å². The van der Waals surface area contributed by atoms with Crippen LogP contribution in [0.4, 0.5) is 0 Å². The predicted molar refractivity (Wildman–Crippen MR) is 70.7 cm³/mol. The number of rotatable bonds is 4. The third-order valence-electron chi connectivity index (χ3n) is 2.45. The van der Waals surface area contributed by atoms with Crippen LogP contribution < -0.4 is 5.32 Å². The van der Waals surface area contributed by atoms with E-state index in [2.05, 4.69) is 49.2 Å². The minimum atomic E-state index is 0.174. The van der Waals surface area contributed by atoms with Crippen molar-refractivity contribution < 1.29 is 0 Å². The molecule has 0 fully saturated rings. The van der Waals surface area contributed by atoms with Crippen LogP contribution in [0.3, 0.4) is 0 Å². The lowest BCUT2D eigenvalue weighted by Gasteiger charge is -2.16. The first-order valence-electron chi connectivity index (χ1n) is 5.17. The predicted octanol–water partition coefficient (Wildman–Crippen LogP) is 2.94. The quantitative estimate of drug-likeness (QED) is 0.941.